The molecule has 1 aromatic rings. The summed E-state index contributed by atoms with van der Waals surface area (Å²) < 4.78 is 11.0. The maximum atomic E-state index is 8.99. The highest BCUT2D eigenvalue weighted by Crippen LogP contribution is 2.39. The summed E-state index contributed by atoms with van der Waals surface area (Å²) in [7, 11) is 0. The molecule has 102 valence electrons. The first-order valence-electron chi connectivity index (χ1n) is 6.56. The molecule has 0 saturated heterocycles. The Kier molecular flexibility index (Phi) is 4.31. The van der Waals surface area contributed by atoms with Crippen LogP contribution in [0, 0.1) is 0 Å². The first-order valence-corrected chi connectivity index (χ1v) is 6.56. The van der Waals surface area contributed by atoms with E-state index in [0.29, 0.717) is 12.4 Å². The Bertz CT molecular complexity index is 369. The summed E-state index contributed by atoms with van der Waals surface area (Å²) in [6.07, 6.45) is 5.25. The Morgan fingerprint density at radius 1 is 1.44 bits per heavy atom. The molecule has 1 aliphatic rings. The lowest BCUT2D eigenvalue weighted by Crippen LogP contribution is -2.33. The number of ether oxygens (including phenoxy) is 1. The van der Waals surface area contributed by atoms with Crippen LogP contribution in [0.25, 0.3) is 0 Å². The molecule has 18 heavy (non-hydrogen) atoms. The van der Waals surface area contributed by atoms with Crippen LogP contribution < -0.4 is 5.73 Å². The van der Waals surface area contributed by atoms with E-state index >= 15 is 0 Å². The van der Waals surface area contributed by atoms with Crippen molar-refractivity contribution >= 4 is 0 Å². The Hall–Kier alpha value is -0.980. The van der Waals surface area contributed by atoms with Gasteiger partial charge in [0, 0.05) is 6.61 Å². The van der Waals surface area contributed by atoms with Crippen molar-refractivity contribution in [3.8, 4) is 0 Å². The Balaban J connectivity index is 2.22. The lowest BCUT2D eigenvalue weighted by Gasteiger charge is -2.33. The van der Waals surface area contributed by atoms with Gasteiger partial charge in [0.05, 0.1) is 6.61 Å². The molecule has 0 aromatic carbocycles. The minimum Gasteiger partial charge on any atom is -0.394 e. The lowest BCUT2D eigenvalue weighted by atomic mass is 9.84. The van der Waals surface area contributed by atoms with Crippen LogP contribution in [0.2, 0.25) is 0 Å². The minimum absolute atomic E-state index is 0.205. The number of hydrogen-bond donors (Lipinski definition) is 2. The zero-order valence-electron chi connectivity index (χ0n) is 10.8. The van der Waals surface area contributed by atoms with Crippen LogP contribution >= 0.6 is 0 Å². The molecule has 1 heterocycles. The minimum atomic E-state index is -0.617. The number of aromatic nitrogens is 2. The standard InChI is InChI=1S/C12H21N3O3/c1-2-17-12(6-4-3-5-7-12)11-14-10(18-15-11)9(13)8-16/h9,16H,2-8,13H2,1H3. The fraction of sp³-hybridized carbons (Fsp3) is 0.833. The SMILES string of the molecule is CCOC1(c2noc(C(N)CO)n2)CCCCC1. The van der Waals surface area contributed by atoms with Gasteiger partial charge in [0.25, 0.3) is 0 Å². The summed E-state index contributed by atoms with van der Waals surface area (Å²) in [5, 5.41) is 13.0. The highest BCUT2D eigenvalue weighted by molar-refractivity contribution is 5.04. The van der Waals surface area contributed by atoms with Gasteiger partial charge in [0.1, 0.15) is 11.6 Å². The second-order valence-electron chi connectivity index (χ2n) is 4.73. The van der Waals surface area contributed by atoms with Gasteiger partial charge in [-0.15, -0.1) is 0 Å². The fourth-order valence-corrected chi connectivity index (χ4v) is 2.48. The second kappa shape index (κ2) is 5.77. The van der Waals surface area contributed by atoms with E-state index in [-0.39, 0.29) is 12.5 Å². The molecule has 1 fully saturated rings. The zero-order chi connectivity index (χ0) is 13.0. The largest absolute Gasteiger partial charge is 0.394 e. The molecule has 1 aromatic heterocycles. The van der Waals surface area contributed by atoms with Crippen LogP contribution in [0.1, 0.15) is 56.8 Å². The average molecular weight is 255 g/mol. The molecule has 0 spiro atoms. The van der Waals surface area contributed by atoms with E-state index in [1.807, 2.05) is 6.92 Å². The summed E-state index contributed by atoms with van der Waals surface area (Å²) in [4.78, 5) is 4.31. The van der Waals surface area contributed by atoms with Gasteiger partial charge in [-0.1, -0.05) is 24.4 Å². The molecule has 0 aliphatic heterocycles. The van der Waals surface area contributed by atoms with Crippen LogP contribution in [0.5, 0.6) is 0 Å². The molecule has 1 aliphatic carbocycles. The number of nitrogens with zero attached hydrogens (tertiary/aromatic N) is 2. The summed E-state index contributed by atoms with van der Waals surface area (Å²) in [6.45, 7) is 2.38. The molecular formula is C12H21N3O3. The van der Waals surface area contributed by atoms with Crippen molar-refractivity contribution in [1.82, 2.24) is 10.1 Å². The molecule has 6 nitrogen and oxygen atoms in total. The van der Waals surface area contributed by atoms with E-state index in [2.05, 4.69) is 10.1 Å². The number of aliphatic hydroxyl groups is 1. The molecule has 1 atom stereocenters. The van der Waals surface area contributed by atoms with Gasteiger partial charge < -0.3 is 20.1 Å². The van der Waals surface area contributed by atoms with Crippen molar-refractivity contribution in [1.29, 1.82) is 0 Å². The normalized spacial score (nSPS) is 20.8. The maximum Gasteiger partial charge on any atom is 0.246 e. The van der Waals surface area contributed by atoms with Gasteiger partial charge in [-0.25, -0.2) is 0 Å². The fourth-order valence-electron chi connectivity index (χ4n) is 2.48. The molecule has 0 bridgehead atoms. The highest BCUT2D eigenvalue weighted by Gasteiger charge is 2.39. The highest BCUT2D eigenvalue weighted by atomic mass is 16.5. The van der Waals surface area contributed by atoms with Crippen LogP contribution in [0.15, 0.2) is 4.52 Å². The van der Waals surface area contributed by atoms with Gasteiger partial charge in [0.15, 0.2) is 0 Å². The zero-order valence-corrected chi connectivity index (χ0v) is 10.8. The number of aliphatic hydroxyl groups excluding tert-OH is 1. The van der Waals surface area contributed by atoms with Crippen molar-refractivity contribution in [2.75, 3.05) is 13.2 Å². The second-order valence-corrected chi connectivity index (χ2v) is 4.73. The third-order valence-corrected chi connectivity index (χ3v) is 3.45. The van der Waals surface area contributed by atoms with Crippen LogP contribution in [0.3, 0.4) is 0 Å². The van der Waals surface area contributed by atoms with E-state index in [1.54, 1.807) is 0 Å². The molecule has 6 heteroatoms. The number of hydrogen-bond acceptors (Lipinski definition) is 6. The van der Waals surface area contributed by atoms with Gasteiger partial charge in [-0.2, -0.15) is 4.98 Å². The molecule has 1 saturated carbocycles. The number of nitrogens with two attached hydrogens (primary N) is 1. The summed E-state index contributed by atoms with van der Waals surface area (Å²) in [5.74, 6) is 0.847. The topological polar surface area (TPSA) is 94.4 Å². The third kappa shape index (κ3) is 2.55. The van der Waals surface area contributed by atoms with Crippen molar-refractivity contribution in [2.24, 2.45) is 5.73 Å². The van der Waals surface area contributed by atoms with Crippen molar-refractivity contribution in [2.45, 2.75) is 50.7 Å². The molecule has 2 rings (SSSR count). The van der Waals surface area contributed by atoms with Gasteiger partial charge in [-0.3, -0.25) is 0 Å². The summed E-state index contributed by atoms with van der Waals surface area (Å²) in [6, 6.07) is -0.617. The molecule has 0 amide bonds. The predicted molar refractivity (Wildman–Crippen MR) is 64.7 cm³/mol. The Morgan fingerprint density at radius 3 is 2.78 bits per heavy atom. The molecule has 3 N–H and O–H groups in total. The van der Waals surface area contributed by atoms with E-state index < -0.39 is 11.6 Å². The van der Waals surface area contributed by atoms with E-state index in [0.717, 1.165) is 25.7 Å². The first kappa shape index (κ1) is 13.5. The van der Waals surface area contributed by atoms with Crippen LogP contribution in [0.4, 0.5) is 0 Å². The van der Waals surface area contributed by atoms with Crippen molar-refractivity contribution in [3.05, 3.63) is 11.7 Å². The first-order chi connectivity index (χ1) is 8.72. The Labute approximate surface area is 107 Å². The quantitative estimate of drug-likeness (QED) is 0.822. The maximum absolute atomic E-state index is 8.99. The predicted octanol–water partition coefficient (Wildman–Crippen LogP) is 1.26. The van der Waals surface area contributed by atoms with Crippen molar-refractivity contribution < 1.29 is 14.4 Å². The van der Waals surface area contributed by atoms with E-state index in [4.69, 9.17) is 20.1 Å². The third-order valence-electron chi connectivity index (χ3n) is 3.45. The smallest absolute Gasteiger partial charge is 0.246 e. The summed E-state index contributed by atoms with van der Waals surface area (Å²) >= 11 is 0. The average Bonchev–Trinajstić information content (AvgIpc) is 2.89. The number of rotatable bonds is 5. The lowest BCUT2D eigenvalue weighted by molar-refractivity contribution is -0.0777. The van der Waals surface area contributed by atoms with Crippen LogP contribution in [-0.4, -0.2) is 28.5 Å². The van der Waals surface area contributed by atoms with E-state index in [9.17, 15) is 0 Å². The Morgan fingerprint density at radius 2 is 2.17 bits per heavy atom. The van der Waals surface area contributed by atoms with E-state index in [1.165, 1.54) is 6.42 Å². The molecular weight excluding hydrogens is 234 g/mol. The molecule has 0 radical (unpaired) electrons. The van der Waals surface area contributed by atoms with Crippen molar-refractivity contribution in [3.63, 3.8) is 0 Å². The van der Waals surface area contributed by atoms with Gasteiger partial charge in [-0.05, 0) is 19.8 Å². The van der Waals surface area contributed by atoms with Gasteiger partial charge >= 0.3 is 0 Å². The van der Waals surface area contributed by atoms with Gasteiger partial charge in [0.2, 0.25) is 11.7 Å². The summed E-state index contributed by atoms with van der Waals surface area (Å²) in [5.41, 5.74) is 5.24. The van der Waals surface area contributed by atoms with Crippen LogP contribution in [-0.2, 0) is 10.3 Å². The molecule has 1 unspecified atom stereocenters. The monoisotopic (exact) mass is 255 g/mol.